The lowest BCUT2D eigenvalue weighted by Crippen LogP contribution is -2.34. The monoisotopic (exact) mass is 247 g/mol. The highest BCUT2D eigenvalue weighted by Gasteiger charge is 2.28. The van der Waals surface area contributed by atoms with Gasteiger partial charge in [-0.25, -0.2) is 0 Å². The van der Waals surface area contributed by atoms with Gasteiger partial charge in [-0.3, -0.25) is 9.88 Å². The first-order valence-corrected chi connectivity index (χ1v) is 6.99. The smallest absolute Gasteiger partial charge is 0.0400 e. The van der Waals surface area contributed by atoms with Gasteiger partial charge in [-0.15, -0.1) is 0 Å². The molecular formula is C15H25N3. The maximum atomic E-state index is 4.47. The van der Waals surface area contributed by atoms with Crippen LogP contribution in [0.2, 0.25) is 0 Å². The summed E-state index contributed by atoms with van der Waals surface area (Å²) in [5.41, 5.74) is 2.46. The van der Waals surface area contributed by atoms with Crippen LogP contribution in [0, 0.1) is 12.8 Å². The summed E-state index contributed by atoms with van der Waals surface area (Å²) in [5, 5.41) is 3.35. The van der Waals surface area contributed by atoms with Crippen LogP contribution in [0.1, 0.15) is 36.6 Å². The van der Waals surface area contributed by atoms with Crippen LogP contribution in [0.25, 0.3) is 0 Å². The van der Waals surface area contributed by atoms with E-state index in [4.69, 9.17) is 0 Å². The molecule has 0 bridgehead atoms. The van der Waals surface area contributed by atoms with Crippen LogP contribution in [-0.2, 0) is 0 Å². The zero-order valence-corrected chi connectivity index (χ0v) is 11.8. The van der Waals surface area contributed by atoms with Gasteiger partial charge in [0.05, 0.1) is 0 Å². The SMILES string of the molecule is CNCC1CCCCN(C)C1c1ccc(C)nc1. The van der Waals surface area contributed by atoms with E-state index in [1.165, 1.54) is 31.4 Å². The van der Waals surface area contributed by atoms with E-state index < -0.39 is 0 Å². The summed E-state index contributed by atoms with van der Waals surface area (Å²) >= 11 is 0. The van der Waals surface area contributed by atoms with Crippen molar-refractivity contribution in [1.82, 2.24) is 15.2 Å². The van der Waals surface area contributed by atoms with Crippen LogP contribution in [-0.4, -0.2) is 37.1 Å². The van der Waals surface area contributed by atoms with Crippen molar-refractivity contribution >= 4 is 0 Å². The fourth-order valence-corrected chi connectivity index (χ4v) is 3.08. The number of pyridine rings is 1. The van der Waals surface area contributed by atoms with Gasteiger partial charge in [-0.05, 0) is 64.5 Å². The third kappa shape index (κ3) is 3.09. The summed E-state index contributed by atoms with van der Waals surface area (Å²) in [7, 11) is 4.30. The molecule has 2 heterocycles. The first-order chi connectivity index (χ1) is 8.72. The predicted octanol–water partition coefficient (Wildman–Crippen LogP) is 2.38. The molecule has 1 saturated heterocycles. The van der Waals surface area contributed by atoms with Crippen LogP contribution < -0.4 is 5.32 Å². The van der Waals surface area contributed by atoms with Crippen molar-refractivity contribution in [2.24, 2.45) is 5.92 Å². The van der Waals surface area contributed by atoms with Gasteiger partial charge in [-0.2, -0.15) is 0 Å². The van der Waals surface area contributed by atoms with Crippen molar-refractivity contribution in [3.63, 3.8) is 0 Å². The molecule has 1 N–H and O–H groups in total. The number of nitrogens with zero attached hydrogens (tertiary/aromatic N) is 2. The van der Waals surface area contributed by atoms with E-state index >= 15 is 0 Å². The Morgan fingerprint density at radius 1 is 1.39 bits per heavy atom. The molecular weight excluding hydrogens is 222 g/mol. The van der Waals surface area contributed by atoms with E-state index in [0.29, 0.717) is 12.0 Å². The topological polar surface area (TPSA) is 28.2 Å². The summed E-state index contributed by atoms with van der Waals surface area (Å²) in [6.07, 6.45) is 6.02. The summed E-state index contributed by atoms with van der Waals surface area (Å²) in [6, 6.07) is 4.88. The van der Waals surface area contributed by atoms with Crippen LogP contribution in [0.5, 0.6) is 0 Å². The van der Waals surface area contributed by atoms with Crippen LogP contribution in [0.4, 0.5) is 0 Å². The molecule has 1 aliphatic rings. The molecule has 18 heavy (non-hydrogen) atoms. The molecule has 0 aliphatic carbocycles. The van der Waals surface area contributed by atoms with Crippen molar-refractivity contribution in [3.05, 3.63) is 29.6 Å². The molecule has 0 saturated carbocycles. The van der Waals surface area contributed by atoms with Gasteiger partial charge in [-0.1, -0.05) is 12.5 Å². The second kappa shape index (κ2) is 6.30. The Labute approximate surface area is 111 Å². The Hall–Kier alpha value is -0.930. The lowest BCUT2D eigenvalue weighted by molar-refractivity contribution is 0.190. The Morgan fingerprint density at radius 2 is 2.22 bits per heavy atom. The Balaban J connectivity index is 2.24. The quantitative estimate of drug-likeness (QED) is 0.889. The third-order valence-electron chi connectivity index (χ3n) is 4.00. The summed E-state index contributed by atoms with van der Waals surface area (Å²) in [5.74, 6) is 0.687. The summed E-state index contributed by atoms with van der Waals surface area (Å²) < 4.78 is 0. The lowest BCUT2D eigenvalue weighted by atomic mass is 9.90. The predicted molar refractivity (Wildman–Crippen MR) is 75.6 cm³/mol. The molecule has 1 aromatic rings. The molecule has 2 unspecified atom stereocenters. The molecule has 3 nitrogen and oxygen atoms in total. The van der Waals surface area contributed by atoms with E-state index in [1.54, 1.807) is 0 Å². The lowest BCUT2D eigenvalue weighted by Gasteiger charge is -2.32. The van der Waals surface area contributed by atoms with Crippen LogP contribution in [0.15, 0.2) is 18.3 Å². The molecule has 0 spiro atoms. The molecule has 1 aliphatic heterocycles. The van der Waals surface area contributed by atoms with E-state index in [9.17, 15) is 0 Å². The number of rotatable bonds is 3. The van der Waals surface area contributed by atoms with Gasteiger partial charge < -0.3 is 5.32 Å². The fraction of sp³-hybridized carbons (Fsp3) is 0.667. The molecule has 0 amide bonds. The maximum Gasteiger partial charge on any atom is 0.0400 e. The summed E-state index contributed by atoms with van der Waals surface area (Å²) in [4.78, 5) is 6.97. The molecule has 2 rings (SSSR count). The number of likely N-dealkylation sites (tertiary alicyclic amines) is 1. The molecule has 100 valence electrons. The van der Waals surface area contributed by atoms with Crippen molar-refractivity contribution in [2.45, 2.75) is 32.2 Å². The van der Waals surface area contributed by atoms with E-state index in [0.717, 1.165) is 12.2 Å². The van der Waals surface area contributed by atoms with Gasteiger partial charge in [0.15, 0.2) is 0 Å². The third-order valence-corrected chi connectivity index (χ3v) is 4.00. The molecule has 1 aromatic heterocycles. The van der Waals surface area contributed by atoms with Crippen molar-refractivity contribution in [2.75, 3.05) is 27.2 Å². The first kappa shape index (κ1) is 13.5. The van der Waals surface area contributed by atoms with E-state index in [1.807, 2.05) is 6.92 Å². The van der Waals surface area contributed by atoms with Gasteiger partial charge in [0.2, 0.25) is 0 Å². The highest BCUT2D eigenvalue weighted by molar-refractivity contribution is 5.18. The molecule has 0 aromatic carbocycles. The largest absolute Gasteiger partial charge is 0.319 e. The zero-order valence-electron chi connectivity index (χ0n) is 11.8. The minimum absolute atomic E-state index is 0.507. The van der Waals surface area contributed by atoms with Crippen molar-refractivity contribution in [3.8, 4) is 0 Å². The number of nitrogens with one attached hydrogen (secondary N) is 1. The molecule has 0 radical (unpaired) electrons. The Morgan fingerprint density at radius 3 is 2.89 bits per heavy atom. The zero-order chi connectivity index (χ0) is 13.0. The molecule has 1 fully saturated rings. The molecule has 2 atom stereocenters. The Bertz CT molecular complexity index is 361. The average molecular weight is 247 g/mol. The first-order valence-electron chi connectivity index (χ1n) is 6.99. The van der Waals surface area contributed by atoms with E-state index in [2.05, 4.69) is 47.6 Å². The highest BCUT2D eigenvalue weighted by atomic mass is 15.1. The van der Waals surface area contributed by atoms with Gasteiger partial charge in [0.1, 0.15) is 0 Å². The number of aryl methyl sites for hydroxylation is 1. The van der Waals surface area contributed by atoms with Crippen LogP contribution in [0.3, 0.4) is 0 Å². The standard InChI is InChI=1S/C15H25N3/c1-12-7-8-14(11-17-12)15-13(10-16-2)6-4-5-9-18(15)3/h7-8,11,13,15-16H,4-6,9-10H2,1-3H3. The number of hydrogen-bond acceptors (Lipinski definition) is 3. The fourth-order valence-electron chi connectivity index (χ4n) is 3.08. The minimum Gasteiger partial charge on any atom is -0.319 e. The maximum absolute atomic E-state index is 4.47. The van der Waals surface area contributed by atoms with Crippen molar-refractivity contribution in [1.29, 1.82) is 0 Å². The number of hydrogen-bond donors (Lipinski definition) is 1. The van der Waals surface area contributed by atoms with Gasteiger partial charge in [0, 0.05) is 17.9 Å². The van der Waals surface area contributed by atoms with Crippen LogP contribution >= 0.6 is 0 Å². The average Bonchev–Trinajstić information content (AvgIpc) is 2.53. The van der Waals surface area contributed by atoms with Crippen molar-refractivity contribution < 1.29 is 0 Å². The molecule has 3 heteroatoms. The normalized spacial score (nSPS) is 25.9. The second-order valence-corrected chi connectivity index (χ2v) is 5.47. The minimum atomic E-state index is 0.507. The second-order valence-electron chi connectivity index (χ2n) is 5.47. The van der Waals surface area contributed by atoms with Gasteiger partial charge in [0.25, 0.3) is 0 Å². The summed E-state index contributed by atoms with van der Waals surface area (Å²) in [6.45, 7) is 4.33. The number of aromatic nitrogens is 1. The highest BCUT2D eigenvalue weighted by Crippen LogP contribution is 2.33. The van der Waals surface area contributed by atoms with E-state index in [-0.39, 0.29) is 0 Å². The Kier molecular flexibility index (Phi) is 4.72. The van der Waals surface area contributed by atoms with Gasteiger partial charge >= 0.3 is 0 Å².